The third-order valence-electron chi connectivity index (χ3n) is 2.06. The van der Waals surface area contributed by atoms with Crippen molar-refractivity contribution in [3.05, 3.63) is 41.5 Å². The molecule has 0 saturated carbocycles. The average Bonchev–Trinajstić information content (AvgIpc) is 2.21. The minimum absolute atomic E-state index is 0.490. The van der Waals surface area contributed by atoms with Gasteiger partial charge in [-0.25, -0.2) is 0 Å². The van der Waals surface area contributed by atoms with Crippen LogP contribution in [0.4, 0.5) is 0 Å². The number of hydrogen-bond donors (Lipinski definition) is 1. The highest BCUT2D eigenvalue weighted by molar-refractivity contribution is 6.08. The van der Waals surface area contributed by atoms with E-state index in [9.17, 15) is 0 Å². The van der Waals surface area contributed by atoms with Gasteiger partial charge in [0.25, 0.3) is 0 Å². The summed E-state index contributed by atoms with van der Waals surface area (Å²) < 4.78 is 5.48. The Morgan fingerprint density at radius 2 is 2.20 bits per heavy atom. The van der Waals surface area contributed by atoms with E-state index in [1.54, 1.807) is 6.08 Å². The maximum absolute atomic E-state index is 7.88. The molecule has 0 amide bonds. The van der Waals surface area contributed by atoms with Crippen LogP contribution in [0.1, 0.15) is 25.0 Å². The van der Waals surface area contributed by atoms with Crippen molar-refractivity contribution in [2.45, 2.75) is 20.8 Å². The molecule has 1 rings (SSSR count). The number of hydrogen-bond acceptors (Lipinski definition) is 2. The van der Waals surface area contributed by atoms with Crippen LogP contribution in [-0.2, 0) is 0 Å². The Kier molecular flexibility index (Phi) is 4.10. The Bertz CT molecular complexity index is 380. The van der Waals surface area contributed by atoms with Gasteiger partial charge in [-0.15, -0.1) is 0 Å². The second kappa shape index (κ2) is 5.35. The van der Waals surface area contributed by atoms with Crippen molar-refractivity contribution in [1.29, 1.82) is 5.41 Å². The molecule has 0 atom stereocenters. The topological polar surface area (TPSA) is 33.1 Å². The molecule has 0 spiro atoms. The fourth-order valence-electron chi connectivity index (χ4n) is 1.39. The van der Waals surface area contributed by atoms with Gasteiger partial charge < -0.3 is 10.1 Å². The fraction of sp³-hybridized carbons (Fsp3) is 0.308. The lowest BCUT2D eigenvalue weighted by Crippen LogP contribution is -2.02. The predicted octanol–water partition coefficient (Wildman–Crippen LogP) is 3.34. The highest BCUT2D eigenvalue weighted by Gasteiger charge is 2.06. The Morgan fingerprint density at radius 3 is 2.80 bits per heavy atom. The third kappa shape index (κ3) is 2.94. The lowest BCUT2D eigenvalue weighted by atomic mass is 10.1. The lowest BCUT2D eigenvalue weighted by Gasteiger charge is -2.10. The van der Waals surface area contributed by atoms with Gasteiger partial charge >= 0.3 is 0 Å². The summed E-state index contributed by atoms with van der Waals surface area (Å²) in [6.45, 7) is 6.49. The lowest BCUT2D eigenvalue weighted by molar-refractivity contribution is 0.339. The van der Waals surface area contributed by atoms with Gasteiger partial charge in [-0.3, -0.25) is 0 Å². The van der Waals surface area contributed by atoms with Crippen molar-refractivity contribution in [3.63, 3.8) is 0 Å². The van der Waals surface area contributed by atoms with Gasteiger partial charge in [0.2, 0.25) is 0 Å². The van der Waals surface area contributed by atoms with Gasteiger partial charge in [0.15, 0.2) is 0 Å². The summed E-state index contributed by atoms with van der Waals surface area (Å²) in [6, 6.07) is 5.90. The normalized spacial score (nSPS) is 10.6. The maximum atomic E-state index is 7.88. The van der Waals surface area contributed by atoms with Crippen molar-refractivity contribution in [2.75, 3.05) is 6.61 Å². The van der Waals surface area contributed by atoms with Crippen LogP contribution < -0.4 is 4.74 Å². The zero-order valence-corrected chi connectivity index (χ0v) is 9.50. The number of rotatable bonds is 4. The quantitative estimate of drug-likeness (QED) is 0.748. The van der Waals surface area contributed by atoms with Crippen molar-refractivity contribution >= 4 is 5.71 Å². The minimum atomic E-state index is 0.490. The first-order valence-electron chi connectivity index (χ1n) is 5.14. The van der Waals surface area contributed by atoms with E-state index < -0.39 is 0 Å². The maximum Gasteiger partial charge on any atom is 0.128 e. The summed E-state index contributed by atoms with van der Waals surface area (Å²) in [5.41, 5.74) is 2.49. The van der Waals surface area contributed by atoms with Crippen LogP contribution >= 0.6 is 0 Å². The van der Waals surface area contributed by atoms with Crippen LogP contribution in [0.2, 0.25) is 0 Å². The van der Waals surface area contributed by atoms with Crippen molar-refractivity contribution in [1.82, 2.24) is 0 Å². The van der Waals surface area contributed by atoms with Gasteiger partial charge in [0.1, 0.15) is 5.75 Å². The van der Waals surface area contributed by atoms with E-state index in [4.69, 9.17) is 10.1 Å². The SMILES string of the molecule is C/C=C\C(=N)c1cc(C)ccc1OCC. The second-order valence-electron chi connectivity index (χ2n) is 3.35. The summed E-state index contributed by atoms with van der Waals surface area (Å²) in [7, 11) is 0. The first-order valence-corrected chi connectivity index (χ1v) is 5.14. The van der Waals surface area contributed by atoms with Crippen LogP contribution in [0.25, 0.3) is 0 Å². The molecule has 0 aliphatic carbocycles. The van der Waals surface area contributed by atoms with Crippen LogP contribution in [-0.4, -0.2) is 12.3 Å². The number of allylic oxidation sites excluding steroid dienone is 2. The van der Waals surface area contributed by atoms with E-state index in [1.807, 2.05) is 45.0 Å². The molecular weight excluding hydrogens is 186 g/mol. The molecule has 1 aromatic rings. The molecule has 0 aromatic heterocycles. The van der Waals surface area contributed by atoms with E-state index in [1.165, 1.54) is 0 Å². The van der Waals surface area contributed by atoms with Gasteiger partial charge in [0, 0.05) is 5.56 Å². The summed E-state index contributed by atoms with van der Waals surface area (Å²) in [6.07, 6.45) is 3.64. The van der Waals surface area contributed by atoms with Gasteiger partial charge in [-0.05, 0) is 39.0 Å². The Morgan fingerprint density at radius 1 is 1.47 bits per heavy atom. The number of aryl methyl sites for hydroxylation is 1. The largest absolute Gasteiger partial charge is 0.493 e. The molecule has 2 nitrogen and oxygen atoms in total. The first kappa shape index (κ1) is 11.5. The Balaban J connectivity index is 3.11. The summed E-state index contributed by atoms with van der Waals surface area (Å²) >= 11 is 0. The van der Waals surface area contributed by atoms with Crippen molar-refractivity contribution in [3.8, 4) is 5.75 Å². The van der Waals surface area contributed by atoms with Crippen LogP contribution in [0.5, 0.6) is 5.75 Å². The van der Waals surface area contributed by atoms with E-state index >= 15 is 0 Å². The molecule has 0 fully saturated rings. The molecule has 0 bridgehead atoms. The first-order chi connectivity index (χ1) is 7.19. The van der Waals surface area contributed by atoms with E-state index in [0.717, 1.165) is 16.9 Å². The molecule has 1 N–H and O–H groups in total. The zero-order chi connectivity index (χ0) is 11.3. The van der Waals surface area contributed by atoms with Crippen LogP contribution in [0, 0.1) is 12.3 Å². The number of benzene rings is 1. The molecular formula is C13H17NO. The molecule has 80 valence electrons. The van der Waals surface area contributed by atoms with E-state index in [2.05, 4.69) is 0 Å². The molecule has 0 aliphatic rings. The van der Waals surface area contributed by atoms with Gasteiger partial charge in [-0.2, -0.15) is 0 Å². The molecule has 15 heavy (non-hydrogen) atoms. The third-order valence-corrected chi connectivity index (χ3v) is 2.06. The highest BCUT2D eigenvalue weighted by Crippen LogP contribution is 2.20. The summed E-state index contributed by atoms with van der Waals surface area (Å²) in [5, 5.41) is 7.88. The zero-order valence-electron chi connectivity index (χ0n) is 9.50. The van der Waals surface area contributed by atoms with Gasteiger partial charge in [0.05, 0.1) is 12.3 Å². The van der Waals surface area contributed by atoms with Crippen LogP contribution in [0.3, 0.4) is 0 Å². The second-order valence-corrected chi connectivity index (χ2v) is 3.35. The summed E-state index contributed by atoms with van der Waals surface area (Å²) in [5.74, 6) is 0.784. The molecule has 0 radical (unpaired) electrons. The number of nitrogens with one attached hydrogen (secondary N) is 1. The van der Waals surface area contributed by atoms with Crippen LogP contribution in [0.15, 0.2) is 30.4 Å². The number of ether oxygens (including phenoxy) is 1. The molecule has 0 heterocycles. The van der Waals surface area contributed by atoms with E-state index in [0.29, 0.717) is 12.3 Å². The highest BCUT2D eigenvalue weighted by atomic mass is 16.5. The fourth-order valence-corrected chi connectivity index (χ4v) is 1.39. The molecule has 0 saturated heterocycles. The Labute approximate surface area is 91.1 Å². The standard InChI is InChI=1S/C13H17NO/c1-4-6-12(14)11-9-10(3)7-8-13(11)15-5-2/h4,6-9,14H,5H2,1-3H3/b6-4-,14-12?. The van der Waals surface area contributed by atoms with Crippen molar-refractivity contribution < 1.29 is 4.74 Å². The van der Waals surface area contributed by atoms with Gasteiger partial charge in [-0.1, -0.05) is 17.7 Å². The molecule has 0 unspecified atom stereocenters. The summed E-state index contributed by atoms with van der Waals surface area (Å²) in [4.78, 5) is 0. The molecule has 1 aromatic carbocycles. The molecule has 2 heteroatoms. The molecule has 0 aliphatic heterocycles. The van der Waals surface area contributed by atoms with E-state index in [-0.39, 0.29) is 0 Å². The smallest absolute Gasteiger partial charge is 0.128 e. The monoisotopic (exact) mass is 203 g/mol. The predicted molar refractivity (Wildman–Crippen MR) is 64.0 cm³/mol. The van der Waals surface area contributed by atoms with Crippen molar-refractivity contribution in [2.24, 2.45) is 0 Å². The average molecular weight is 203 g/mol. The Hall–Kier alpha value is -1.57. The minimum Gasteiger partial charge on any atom is -0.493 e.